The Morgan fingerprint density at radius 3 is 2.33 bits per heavy atom. The van der Waals surface area contributed by atoms with Crippen LogP contribution < -0.4 is 10.6 Å². The standard InChI is InChI=1S/C14H23N3O/c1-16-14(10-15)8-6-11(7-9-14)13(18)17-12-4-2-3-5-12/h11-12,16H,2-9H2,1H3,(H,17,18). The molecule has 0 aliphatic heterocycles. The van der Waals surface area contributed by atoms with Crippen molar-refractivity contribution >= 4 is 5.91 Å². The first-order chi connectivity index (χ1) is 8.69. The minimum atomic E-state index is -0.399. The molecule has 100 valence electrons. The molecular formula is C14H23N3O. The number of nitrogens with zero attached hydrogens (tertiary/aromatic N) is 1. The Morgan fingerprint density at radius 1 is 1.22 bits per heavy atom. The Balaban J connectivity index is 1.82. The lowest BCUT2D eigenvalue weighted by molar-refractivity contribution is -0.126. The van der Waals surface area contributed by atoms with Gasteiger partial charge in [-0.05, 0) is 45.6 Å². The largest absolute Gasteiger partial charge is 0.353 e. The van der Waals surface area contributed by atoms with Crippen LogP contribution in [-0.2, 0) is 4.79 Å². The van der Waals surface area contributed by atoms with Crippen LogP contribution in [0.2, 0.25) is 0 Å². The van der Waals surface area contributed by atoms with E-state index in [1.54, 1.807) is 0 Å². The van der Waals surface area contributed by atoms with Crippen LogP contribution in [-0.4, -0.2) is 24.5 Å². The quantitative estimate of drug-likeness (QED) is 0.800. The van der Waals surface area contributed by atoms with E-state index in [0.29, 0.717) is 6.04 Å². The van der Waals surface area contributed by atoms with E-state index >= 15 is 0 Å². The Bertz CT molecular complexity index is 333. The Labute approximate surface area is 109 Å². The van der Waals surface area contributed by atoms with Gasteiger partial charge < -0.3 is 10.6 Å². The van der Waals surface area contributed by atoms with Gasteiger partial charge in [-0.15, -0.1) is 0 Å². The number of amides is 1. The van der Waals surface area contributed by atoms with Crippen molar-refractivity contribution in [2.75, 3.05) is 7.05 Å². The predicted octanol–water partition coefficient (Wildman–Crippen LogP) is 1.72. The normalized spacial score (nSPS) is 33.0. The maximum absolute atomic E-state index is 12.1. The van der Waals surface area contributed by atoms with E-state index in [1.807, 2.05) is 7.05 Å². The third-order valence-corrected chi connectivity index (χ3v) is 4.60. The molecule has 2 fully saturated rings. The minimum Gasteiger partial charge on any atom is -0.353 e. The first-order valence-corrected chi connectivity index (χ1v) is 7.10. The highest BCUT2D eigenvalue weighted by Gasteiger charge is 2.36. The molecule has 18 heavy (non-hydrogen) atoms. The number of carbonyl (C=O) groups excluding carboxylic acids is 1. The van der Waals surface area contributed by atoms with E-state index in [-0.39, 0.29) is 11.8 Å². The summed E-state index contributed by atoms with van der Waals surface area (Å²) >= 11 is 0. The third-order valence-electron chi connectivity index (χ3n) is 4.60. The highest BCUT2D eigenvalue weighted by atomic mass is 16.1. The molecule has 2 aliphatic carbocycles. The van der Waals surface area contributed by atoms with Gasteiger partial charge in [0.25, 0.3) is 0 Å². The van der Waals surface area contributed by atoms with Gasteiger partial charge in [0.05, 0.1) is 6.07 Å². The average molecular weight is 249 g/mol. The summed E-state index contributed by atoms with van der Waals surface area (Å²) in [5.41, 5.74) is -0.399. The highest BCUT2D eigenvalue weighted by Crippen LogP contribution is 2.32. The summed E-state index contributed by atoms with van der Waals surface area (Å²) in [5, 5.41) is 15.5. The molecule has 2 N–H and O–H groups in total. The van der Waals surface area contributed by atoms with Gasteiger partial charge in [0.1, 0.15) is 5.54 Å². The van der Waals surface area contributed by atoms with Crippen LogP contribution in [0.5, 0.6) is 0 Å². The number of nitriles is 1. The van der Waals surface area contributed by atoms with Crippen molar-refractivity contribution in [2.24, 2.45) is 5.92 Å². The van der Waals surface area contributed by atoms with Crippen molar-refractivity contribution < 1.29 is 4.79 Å². The van der Waals surface area contributed by atoms with Gasteiger partial charge in [-0.1, -0.05) is 12.8 Å². The van der Waals surface area contributed by atoms with E-state index in [4.69, 9.17) is 0 Å². The van der Waals surface area contributed by atoms with Gasteiger partial charge in [-0.3, -0.25) is 4.79 Å². The molecule has 0 aromatic carbocycles. The SMILES string of the molecule is CNC1(C#N)CCC(C(=O)NC2CCCC2)CC1. The first-order valence-electron chi connectivity index (χ1n) is 7.10. The summed E-state index contributed by atoms with van der Waals surface area (Å²) in [4.78, 5) is 12.1. The summed E-state index contributed by atoms with van der Waals surface area (Å²) in [6.07, 6.45) is 7.97. The summed E-state index contributed by atoms with van der Waals surface area (Å²) in [6, 6.07) is 2.76. The average Bonchev–Trinajstić information content (AvgIpc) is 2.91. The minimum absolute atomic E-state index is 0.112. The van der Waals surface area contributed by atoms with Gasteiger partial charge >= 0.3 is 0 Å². The van der Waals surface area contributed by atoms with Crippen LogP contribution in [0.15, 0.2) is 0 Å². The molecule has 2 aliphatic rings. The second-order valence-corrected chi connectivity index (χ2v) is 5.71. The zero-order valence-corrected chi connectivity index (χ0v) is 11.2. The molecule has 0 atom stereocenters. The molecule has 0 radical (unpaired) electrons. The van der Waals surface area contributed by atoms with Crippen molar-refractivity contribution in [3.8, 4) is 6.07 Å². The Hall–Kier alpha value is -1.08. The molecule has 0 unspecified atom stereocenters. The predicted molar refractivity (Wildman–Crippen MR) is 69.8 cm³/mol. The number of hydrogen-bond acceptors (Lipinski definition) is 3. The van der Waals surface area contributed by atoms with Gasteiger partial charge in [0.2, 0.25) is 5.91 Å². The number of hydrogen-bond donors (Lipinski definition) is 2. The van der Waals surface area contributed by atoms with Crippen molar-refractivity contribution in [1.82, 2.24) is 10.6 Å². The van der Waals surface area contributed by atoms with Crippen LogP contribution in [0.4, 0.5) is 0 Å². The fourth-order valence-corrected chi connectivity index (χ4v) is 3.18. The van der Waals surface area contributed by atoms with Gasteiger partial charge in [0, 0.05) is 12.0 Å². The summed E-state index contributed by atoms with van der Waals surface area (Å²) in [6.45, 7) is 0. The summed E-state index contributed by atoms with van der Waals surface area (Å²) in [7, 11) is 1.84. The Morgan fingerprint density at radius 2 is 1.83 bits per heavy atom. The lowest BCUT2D eigenvalue weighted by Gasteiger charge is -2.34. The molecule has 4 nitrogen and oxygen atoms in total. The fraction of sp³-hybridized carbons (Fsp3) is 0.857. The zero-order valence-electron chi connectivity index (χ0n) is 11.2. The molecule has 1 amide bonds. The van der Waals surface area contributed by atoms with Crippen molar-refractivity contribution in [3.63, 3.8) is 0 Å². The van der Waals surface area contributed by atoms with Gasteiger partial charge in [-0.2, -0.15) is 5.26 Å². The maximum Gasteiger partial charge on any atom is 0.223 e. The van der Waals surface area contributed by atoms with Crippen LogP contribution in [0, 0.1) is 17.2 Å². The molecule has 0 aromatic rings. The first kappa shape index (κ1) is 13.4. The lowest BCUT2D eigenvalue weighted by atomic mass is 9.77. The summed E-state index contributed by atoms with van der Waals surface area (Å²) < 4.78 is 0. The van der Waals surface area contributed by atoms with Gasteiger partial charge in [0.15, 0.2) is 0 Å². The third kappa shape index (κ3) is 2.84. The fourth-order valence-electron chi connectivity index (χ4n) is 3.18. The lowest BCUT2D eigenvalue weighted by Crippen LogP contribution is -2.47. The van der Waals surface area contributed by atoms with E-state index in [1.165, 1.54) is 12.8 Å². The second kappa shape index (κ2) is 5.71. The number of rotatable bonds is 3. The van der Waals surface area contributed by atoms with Crippen molar-refractivity contribution in [3.05, 3.63) is 0 Å². The van der Waals surface area contributed by atoms with Crippen LogP contribution in [0.3, 0.4) is 0 Å². The monoisotopic (exact) mass is 249 g/mol. The van der Waals surface area contributed by atoms with E-state index in [2.05, 4.69) is 16.7 Å². The smallest absolute Gasteiger partial charge is 0.223 e. The van der Waals surface area contributed by atoms with Crippen LogP contribution in [0.1, 0.15) is 51.4 Å². The highest BCUT2D eigenvalue weighted by molar-refractivity contribution is 5.79. The molecule has 2 rings (SSSR count). The second-order valence-electron chi connectivity index (χ2n) is 5.71. The Kier molecular flexibility index (Phi) is 4.23. The van der Waals surface area contributed by atoms with E-state index in [9.17, 15) is 10.1 Å². The molecule has 0 aromatic heterocycles. The zero-order chi connectivity index (χ0) is 13.0. The van der Waals surface area contributed by atoms with Crippen LogP contribution >= 0.6 is 0 Å². The molecule has 0 heterocycles. The molecule has 2 saturated carbocycles. The van der Waals surface area contributed by atoms with Crippen molar-refractivity contribution in [1.29, 1.82) is 5.26 Å². The number of nitrogens with one attached hydrogen (secondary N) is 2. The number of carbonyl (C=O) groups is 1. The molecule has 0 spiro atoms. The summed E-state index contributed by atoms with van der Waals surface area (Å²) in [5.74, 6) is 0.324. The maximum atomic E-state index is 12.1. The van der Waals surface area contributed by atoms with Crippen molar-refractivity contribution in [2.45, 2.75) is 62.9 Å². The van der Waals surface area contributed by atoms with E-state index < -0.39 is 5.54 Å². The van der Waals surface area contributed by atoms with Crippen LogP contribution in [0.25, 0.3) is 0 Å². The van der Waals surface area contributed by atoms with Gasteiger partial charge in [-0.25, -0.2) is 0 Å². The molecule has 0 saturated heterocycles. The molecular weight excluding hydrogens is 226 g/mol. The molecule has 4 heteroatoms. The van der Waals surface area contributed by atoms with E-state index in [0.717, 1.165) is 38.5 Å². The topological polar surface area (TPSA) is 64.9 Å². The molecule has 0 bridgehead atoms.